The molecule has 9 nitrogen and oxygen atoms in total. The van der Waals surface area contributed by atoms with Gasteiger partial charge in [0.25, 0.3) is 0 Å². The van der Waals surface area contributed by atoms with Crippen molar-refractivity contribution >= 4 is 22.2 Å². The van der Waals surface area contributed by atoms with Gasteiger partial charge in [0.05, 0.1) is 0 Å². The molecule has 1 aliphatic carbocycles. The topological polar surface area (TPSA) is 92.9 Å². The number of thiazole rings is 1. The number of halogens is 3. The van der Waals surface area contributed by atoms with Crippen LogP contribution in [0.1, 0.15) is 63.1 Å². The summed E-state index contributed by atoms with van der Waals surface area (Å²) in [4.78, 5) is 33.6. The smallest absolute Gasteiger partial charge is 0.358 e. The Labute approximate surface area is 216 Å². The zero-order chi connectivity index (χ0) is 26.5. The van der Waals surface area contributed by atoms with Crippen molar-refractivity contribution in [3.05, 3.63) is 35.4 Å². The van der Waals surface area contributed by atoms with Crippen LogP contribution in [0.5, 0.6) is 0 Å². The highest BCUT2D eigenvalue weighted by atomic mass is 32.1. The second kappa shape index (κ2) is 9.34. The Morgan fingerprint density at radius 2 is 1.81 bits per heavy atom. The summed E-state index contributed by atoms with van der Waals surface area (Å²) >= 11 is 0.618. The molecule has 0 bridgehead atoms. The van der Waals surface area contributed by atoms with Gasteiger partial charge >= 0.3 is 6.18 Å². The minimum absolute atomic E-state index is 0.0577. The quantitative estimate of drug-likeness (QED) is 0.486. The molecule has 4 heterocycles. The van der Waals surface area contributed by atoms with Gasteiger partial charge in [-0.05, 0) is 19.8 Å². The average molecular weight is 535 g/mol. The van der Waals surface area contributed by atoms with Crippen LogP contribution in [0.15, 0.2) is 18.7 Å². The van der Waals surface area contributed by atoms with Crippen LogP contribution in [0.25, 0.3) is 11.3 Å². The summed E-state index contributed by atoms with van der Waals surface area (Å²) in [5.41, 5.74) is 0.459. The Morgan fingerprint density at radius 1 is 1.11 bits per heavy atom. The van der Waals surface area contributed by atoms with Crippen LogP contribution in [-0.4, -0.2) is 66.2 Å². The first-order valence-corrected chi connectivity index (χ1v) is 13.1. The predicted molar refractivity (Wildman–Crippen MR) is 132 cm³/mol. The van der Waals surface area contributed by atoms with E-state index in [0.717, 1.165) is 18.7 Å². The van der Waals surface area contributed by atoms with Crippen molar-refractivity contribution in [1.82, 2.24) is 34.6 Å². The fraction of sp³-hybridized carbons (Fsp3) is 0.583. The van der Waals surface area contributed by atoms with Gasteiger partial charge in [0.1, 0.15) is 29.4 Å². The average Bonchev–Trinajstić information content (AvgIpc) is 3.37. The van der Waals surface area contributed by atoms with E-state index >= 15 is 0 Å². The van der Waals surface area contributed by atoms with Gasteiger partial charge < -0.3 is 9.80 Å². The van der Waals surface area contributed by atoms with Crippen LogP contribution in [0.4, 0.5) is 18.2 Å². The van der Waals surface area contributed by atoms with E-state index in [2.05, 4.69) is 25.0 Å². The molecular formula is C24H29F3N8OS. The van der Waals surface area contributed by atoms with Gasteiger partial charge in [-0.3, -0.25) is 4.79 Å². The van der Waals surface area contributed by atoms with Gasteiger partial charge in [0.2, 0.25) is 10.9 Å². The Balaban J connectivity index is 1.33. The molecule has 2 aliphatic rings. The van der Waals surface area contributed by atoms with Crippen molar-refractivity contribution in [3.8, 4) is 11.3 Å². The maximum atomic E-state index is 13.6. The molecule has 0 spiro atoms. The summed E-state index contributed by atoms with van der Waals surface area (Å²) in [6.45, 7) is 9.09. The fourth-order valence-corrected chi connectivity index (χ4v) is 5.30. The zero-order valence-corrected chi connectivity index (χ0v) is 22.0. The first-order valence-electron chi connectivity index (χ1n) is 12.2. The van der Waals surface area contributed by atoms with Crippen molar-refractivity contribution in [2.75, 3.05) is 24.5 Å². The van der Waals surface area contributed by atoms with Gasteiger partial charge in [0.15, 0.2) is 5.82 Å². The van der Waals surface area contributed by atoms with E-state index in [9.17, 15) is 18.0 Å². The van der Waals surface area contributed by atoms with Crippen LogP contribution in [0.2, 0.25) is 0 Å². The molecule has 3 aromatic rings. The number of hydrogen-bond acceptors (Lipinski definition) is 8. The number of carbonyl (C=O) groups is 1. The molecule has 0 radical (unpaired) electrons. The summed E-state index contributed by atoms with van der Waals surface area (Å²) in [5, 5.41) is 3.93. The second-order valence-corrected chi connectivity index (χ2v) is 11.7. The van der Waals surface area contributed by atoms with Crippen LogP contribution in [-0.2, 0) is 22.9 Å². The second-order valence-electron chi connectivity index (χ2n) is 10.7. The predicted octanol–water partition coefficient (Wildman–Crippen LogP) is 4.12. The third-order valence-electron chi connectivity index (χ3n) is 6.48. The van der Waals surface area contributed by atoms with E-state index in [1.54, 1.807) is 23.6 Å². The number of anilines is 1. The monoisotopic (exact) mass is 534 g/mol. The lowest BCUT2D eigenvalue weighted by Gasteiger charge is -2.40. The highest BCUT2D eigenvalue weighted by molar-refractivity contribution is 7.16. The molecule has 37 heavy (non-hydrogen) atoms. The standard InChI is InChI=1S/C24H29F3N8OS/c1-14-11-33(7-8-35(14)17(36)12-34-13-30-21(32-34)23(2,3)4)20-18(31-22(37-20)24(25,26)27)16-9-28-19(29-10-16)15-5-6-15/h9-10,13-15H,5-8,11-12H2,1-4H3/t14-/m1/s1. The fourth-order valence-electron chi connectivity index (χ4n) is 4.30. The van der Waals surface area contributed by atoms with E-state index in [-0.39, 0.29) is 29.6 Å². The molecule has 3 aromatic heterocycles. The Bertz CT molecular complexity index is 1280. The highest BCUT2D eigenvalue weighted by Crippen LogP contribution is 2.43. The molecule has 13 heteroatoms. The van der Waals surface area contributed by atoms with Crippen LogP contribution in [0, 0.1) is 0 Å². The number of carbonyl (C=O) groups excluding carboxylic acids is 1. The van der Waals surface area contributed by atoms with Gasteiger partial charge in [-0.15, -0.1) is 0 Å². The molecule has 0 aromatic carbocycles. The number of piperazine rings is 1. The van der Waals surface area contributed by atoms with E-state index in [1.165, 1.54) is 4.68 Å². The zero-order valence-electron chi connectivity index (χ0n) is 21.2. The molecule has 1 atom stereocenters. The molecule has 0 unspecified atom stereocenters. The molecule has 1 amide bonds. The van der Waals surface area contributed by atoms with Crippen LogP contribution < -0.4 is 4.90 Å². The number of alkyl halides is 3. The molecule has 2 fully saturated rings. The molecule has 5 rings (SSSR count). The Kier molecular flexibility index (Phi) is 6.45. The maximum absolute atomic E-state index is 13.6. The lowest BCUT2D eigenvalue weighted by molar-refractivity contribution is -0.137. The van der Waals surface area contributed by atoms with Crippen LogP contribution in [0.3, 0.4) is 0 Å². The van der Waals surface area contributed by atoms with Crippen LogP contribution >= 0.6 is 11.3 Å². The lowest BCUT2D eigenvalue weighted by atomic mass is 9.96. The number of aromatic nitrogens is 6. The minimum Gasteiger partial charge on any atom is -0.358 e. The molecule has 1 saturated heterocycles. The van der Waals surface area contributed by atoms with Crippen molar-refractivity contribution in [3.63, 3.8) is 0 Å². The SMILES string of the molecule is C[C@@H]1CN(c2sc(C(F)(F)F)nc2-c2cnc(C3CC3)nc2)CCN1C(=O)Cn1cnc(C(C)(C)C)n1. The highest BCUT2D eigenvalue weighted by Gasteiger charge is 2.39. The summed E-state index contributed by atoms with van der Waals surface area (Å²) in [6.07, 6.45) is 2.20. The van der Waals surface area contributed by atoms with E-state index in [0.29, 0.717) is 53.3 Å². The van der Waals surface area contributed by atoms with Crippen molar-refractivity contribution in [2.24, 2.45) is 0 Å². The summed E-state index contributed by atoms with van der Waals surface area (Å²) < 4.78 is 42.3. The number of rotatable bonds is 5. The molecular weight excluding hydrogens is 505 g/mol. The molecule has 1 saturated carbocycles. The van der Waals surface area contributed by atoms with Crippen molar-refractivity contribution < 1.29 is 18.0 Å². The Hall–Kier alpha value is -3.09. The normalized spacial score (nSPS) is 18.9. The molecule has 198 valence electrons. The van der Waals surface area contributed by atoms with Gasteiger partial charge in [-0.2, -0.15) is 18.3 Å². The third-order valence-corrected chi connectivity index (χ3v) is 7.64. The summed E-state index contributed by atoms with van der Waals surface area (Å²) in [5.74, 6) is 1.62. The van der Waals surface area contributed by atoms with E-state index in [1.807, 2.05) is 32.6 Å². The van der Waals surface area contributed by atoms with Gasteiger partial charge in [-0.1, -0.05) is 32.1 Å². The first-order chi connectivity index (χ1) is 17.4. The summed E-state index contributed by atoms with van der Waals surface area (Å²) in [7, 11) is 0. The lowest BCUT2D eigenvalue weighted by Crippen LogP contribution is -2.54. The number of hydrogen-bond donors (Lipinski definition) is 0. The largest absolute Gasteiger partial charge is 0.443 e. The third kappa shape index (κ3) is 5.46. The molecule has 1 aliphatic heterocycles. The van der Waals surface area contributed by atoms with Gasteiger partial charge in [0, 0.05) is 55.0 Å². The van der Waals surface area contributed by atoms with Crippen molar-refractivity contribution in [1.29, 1.82) is 0 Å². The van der Waals surface area contributed by atoms with Gasteiger partial charge in [-0.25, -0.2) is 24.6 Å². The summed E-state index contributed by atoms with van der Waals surface area (Å²) in [6, 6.07) is -0.218. The minimum atomic E-state index is -4.56. The van der Waals surface area contributed by atoms with E-state index < -0.39 is 11.2 Å². The van der Waals surface area contributed by atoms with E-state index in [4.69, 9.17) is 0 Å². The Morgan fingerprint density at radius 3 is 2.38 bits per heavy atom. The molecule has 0 N–H and O–H groups in total. The number of nitrogens with zero attached hydrogens (tertiary/aromatic N) is 8. The van der Waals surface area contributed by atoms with Crippen molar-refractivity contribution in [2.45, 2.75) is 70.6 Å². The maximum Gasteiger partial charge on any atom is 0.443 e. The first kappa shape index (κ1) is 25.6. The number of amides is 1.